The molecule has 1 aliphatic heterocycles. The maximum absolute atomic E-state index is 6.69. The molecule has 328 valence electrons. The predicted molar refractivity (Wildman–Crippen MR) is 271 cm³/mol. The van der Waals surface area contributed by atoms with E-state index < -0.39 is 0 Å². The molecule has 9 aromatic rings. The fourth-order valence-electron chi connectivity index (χ4n) is 8.78. The summed E-state index contributed by atoms with van der Waals surface area (Å²) < 4.78 is 13.2. The number of ether oxygens (including phenoxy) is 1. The molecule has 66 heavy (non-hydrogen) atoms. The van der Waals surface area contributed by atoms with Gasteiger partial charge in [0.05, 0.1) is 5.56 Å². The number of hydrogen-bond acceptors (Lipinski definition) is 2. The molecule has 0 amide bonds. The van der Waals surface area contributed by atoms with E-state index in [4.69, 9.17) is 9.72 Å². The summed E-state index contributed by atoms with van der Waals surface area (Å²) in [6.45, 7) is 20.4. The number of benzene rings is 7. The van der Waals surface area contributed by atoms with E-state index in [1.807, 2.05) is 24.4 Å². The Morgan fingerprint density at radius 3 is 1.92 bits per heavy atom. The van der Waals surface area contributed by atoms with Crippen LogP contribution in [0.2, 0.25) is 0 Å². The first-order chi connectivity index (χ1) is 31.1. The van der Waals surface area contributed by atoms with Crippen LogP contribution in [0.15, 0.2) is 164 Å². The van der Waals surface area contributed by atoms with Crippen LogP contribution in [0.1, 0.15) is 79.0 Å². The van der Waals surface area contributed by atoms with Crippen molar-refractivity contribution in [3.63, 3.8) is 0 Å². The largest absolute Gasteiger partial charge is 2.00 e. The normalized spacial score (nSPS) is 12.7. The number of fused-ring (bicyclic) bond motifs is 4. The van der Waals surface area contributed by atoms with Crippen molar-refractivity contribution in [1.82, 2.24) is 18.7 Å². The first-order valence-corrected chi connectivity index (χ1v) is 22.5. The topological polar surface area (TPSA) is 33.1 Å². The minimum atomic E-state index is -0.0669. The molecule has 1 aliphatic rings. The van der Waals surface area contributed by atoms with Crippen LogP contribution in [-0.2, 0) is 37.3 Å². The molecule has 0 N–H and O–H groups in total. The van der Waals surface area contributed by atoms with E-state index in [0.717, 1.165) is 61.5 Å². The first-order valence-electron chi connectivity index (χ1n) is 22.5. The van der Waals surface area contributed by atoms with Crippen molar-refractivity contribution >= 4 is 50.6 Å². The standard InChI is InChI=1S/C60H54N4O.Pt/c1-58(2,3)43-30-31-61-56(36-43)64-53-26-14-13-24-51(53)52-29-28-49(38-55(52)64)65-48-23-16-22-46(37-48)62-39-63(47-34-44(59(4,5)6)33-45(35-47)60(7,8)9)57-50(25-17-27-54(57)62)42-21-15-20-41(32-42)40-18-11-10-12-19-40;/h10-36H,1-9H3;/q;+2. The van der Waals surface area contributed by atoms with Gasteiger partial charge in [-0.1, -0.05) is 163 Å². The maximum Gasteiger partial charge on any atom is 2.00 e. The molecule has 0 radical (unpaired) electrons. The maximum atomic E-state index is 6.69. The summed E-state index contributed by atoms with van der Waals surface area (Å²) in [4.78, 5) is 4.87. The molecule has 0 fully saturated rings. The van der Waals surface area contributed by atoms with Gasteiger partial charge in [0.15, 0.2) is 0 Å². The van der Waals surface area contributed by atoms with Crippen molar-refractivity contribution in [2.75, 3.05) is 0 Å². The molecule has 0 bridgehead atoms. The smallest absolute Gasteiger partial charge is 0.509 e. The third-order valence-electron chi connectivity index (χ3n) is 12.5. The van der Waals surface area contributed by atoms with Crippen molar-refractivity contribution in [2.24, 2.45) is 0 Å². The van der Waals surface area contributed by atoms with E-state index in [0.29, 0.717) is 11.5 Å². The molecule has 6 heteroatoms. The van der Waals surface area contributed by atoms with Crippen LogP contribution < -0.4 is 13.9 Å². The van der Waals surface area contributed by atoms with Gasteiger partial charge in [-0.3, -0.25) is 0 Å². The van der Waals surface area contributed by atoms with Crippen LogP contribution in [0, 0.1) is 12.1 Å². The summed E-state index contributed by atoms with van der Waals surface area (Å²) in [7, 11) is 0. The van der Waals surface area contributed by atoms with Crippen LogP contribution in [0.25, 0.3) is 49.9 Å². The number of pyridine rings is 1. The Morgan fingerprint density at radius 1 is 0.530 bits per heavy atom. The van der Waals surface area contributed by atoms with Crippen LogP contribution in [0.5, 0.6) is 11.5 Å². The molecule has 3 heterocycles. The zero-order chi connectivity index (χ0) is 45.3. The Kier molecular flexibility index (Phi) is 11.5. The van der Waals surface area contributed by atoms with Crippen LogP contribution >= 0.6 is 0 Å². The second kappa shape index (κ2) is 17.0. The van der Waals surface area contributed by atoms with Gasteiger partial charge in [-0.15, -0.1) is 23.6 Å². The third-order valence-corrected chi connectivity index (χ3v) is 12.5. The van der Waals surface area contributed by atoms with Gasteiger partial charge in [0, 0.05) is 41.4 Å². The van der Waals surface area contributed by atoms with E-state index in [2.05, 4.69) is 234 Å². The molecule has 2 aromatic heterocycles. The number of aromatic nitrogens is 2. The summed E-state index contributed by atoms with van der Waals surface area (Å²) in [5, 5.41) is 2.22. The van der Waals surface area contributed by atoms with Crippen LogP contribution in [0.4, 0.5) is 22.7 Å². The summed E-state index contributed by atoms with van der Waals surface area (Å²) in [6.07, 6.45) is 1.90. The molecule has 0 saturated carbocycles. The van der Waals surface area contributed by atoms with Crippen molar-refractivity contribution in [2.45, 2.75) is 78.6 Å². The van der Waals surface area contributed by atoms with Gasteiger partial charge >= 0.3 is 32.8 Å². The number of nitrogens with zero attached hydrogens (tertiary/aromatic N) is 4. The second-order valence-electron chi connectivity index (χ2n) is 20.3. The second-order valence-corrected chi connectivity index (χ2v) is 20.3. The first kappa shape index (κ1) is 44.6. The average Bonchev–Trinajstić information content (AvgIpc) is 3.85. The van der Waals surface area contributed by atoms with Crippen molar-refractivity contribution < 1.29 is 25.8 Å². The quantitative estimate of drug-likeness (QED) is 0.118. The van der Waals surface area contributed by atoms with Gasteiger partial charge in [-0.2, -0.15) is 12.1 Å². The van der Waals surface area contributed by atoms with Gasteiger partial charge in [-0.05, 0) is 89.9 Å². The van der Waals surface area contributed by atoms with Gasteiger partial charge in [0.2, 0.25) is 5.69 Å². The molecular formula is C60H54N4OPt+2. The summed E-state index contributed by atoms with van der Waals surface area (Å²) >= 11 is 0. The van der Waals surface area contributed by atoms with E-state index in [1.54, 1.807) is 0 Å². The van der Waals surface area contributed by atoms with Crippen molar-refractivity contribution in [3.8, 4) is 39.6 Å². The van der Waals surface area contributed by atoms with E-state index in [-0.39, 0.29) is 37.3 Å². The zero-order valence-corrected chi connectivity index (χ0v) is 41.4. The molecule has 0 spiro atoms. The van der Waals surface area contributed by atoms with Crippen LogP contribution in [0.3, 0.4) is 0 Å². The van der Waals surface area contributed by atoms with Crippen LogP contribution in [-0.4, -0.2) is 15.6 Å². The average molecular weight is 1040 g/mol. The molecule has 5 nitrogen and oxygen atoms in total. The summed E-state index contributed by atoms with van der Waals surface area (Å²) in [6, 6.07) is 67.0. The van der Waals surface area contributed by atoms with Crippen molar-refractivity contribution in [3.05, 3.63) is 193 Å². The molecule has 0 saturated heterocycles. The molecule has 10 rings (SSSR count). The van der Waals surface area contributed by atoms with E-state index >= 15 is 0 Å². The van der Waals surface area contributed by atoms with Gasteiger partial charge in [0.25, 0.3) is 5.69 Å². The Labute approximate surface area is 403 Å². The summed E-state index contributed by atoms with van der Waals surface area (Å²) in [5.74, 6) is 2.02. The van der Waals surface area contributed by atoms with E-state index in [9.17, 15) is 0 Å². The van der Waals surface area contributed by atoms with Gasteiger partial charge < -0.3 is 9.30 Å². The zero-order valence-electron chi connectivity index (χ0n) is 39.1. The number of para-hydroxylation sites is 2. The minimum Gasteiger partial charge on any atom is -0.509 e. The molecule has 7 aromatic carbocycles. The molecule has 0 unspecified atom stereocenters. The van der Waals surface area contributed by atoms with Gasteiger partial charge in [0.1, 0.15) is 11.5 Å². The van der Waals surface area contributed by atoms with Crippen molar-refractivity contribution in [1.29, 1.82) is 0 Å². The fourth-order valence-corrected chi connectivity index (χ4v) is 8.78. The Morgan fingerprint density at radius 2 is 1.18 bits per heavy atom. The number of hydrogen-bond donors (Lipinski definition) is 0. The third kappa shape index (κ3) is 8.39. The molecule has 0 atom stereocenters. The number of rotatable bonds is 7. The van der Waals surface area contributed by atoms with E-state index in [1.165, 1.54) is 27.8 Å². The monoisotopic (exact) mass is 1040 g/mol. The minimum absolute atomic E-state index is 0. The summed E-state index contributed by atoms with van der Waals surface area (Å²) in [5.41, 5.74) is 14.1. The molecular weight excluding hydrogens is 988 g/mol. The Bertz CT molecular complexity index is 3360. The van der Waals surface area contributed by atoms with Gasteiger partial charge in [-0.25, -0.2) is 4.98 Å². The predicted octanol–water partition coefficient (Wildman–Crippen LogP) is 15.7. The SMILES string of the molecule is CC(C)(C)c1cc([N+]2=C=[N+](c3[c-]c(Oc4[c-]c5c(cc4)c4ccccc4n5-c4cc(C(C)(C)C)ccn4)ccc3)c3cccc(-c4cccc(-c5ccccc5)c4)c32)cc(C(C)(C)C)c1.[Pt+2]. The Balaban J connectivity index is 0.00000548. The Hall–Kier alpha value is -6.64. The fraction of sp³-hybridized carbons (Fsp3) is 0.200. The molecule has 0 aliphatic carbocycles.